The van der Waals surface area contributed by atoms with Crippen molar-refractivity contribution in [1.82, 2.24) is 5.32 Å². The summed E-state index contributed by atoms with van der Waals surface area (Å²) in [6.45, 7) is 10.4. The van der Waals surface area contributed by atoms with Crippen molar-refractivity contribution in [2.45, 2.75) is 33.2 Å². The number of methoxy groups -OCH3 is 2. The summed E-state index contributed by atoms with van der Waals surface area (Å²) < 4.78 is 16.7. The first-order chi connectivity index (χ1) is 10.2. The first kappa shape index (κ1) is 17.4. The molecule has 0 heterocycles. The van der Waals surface area contributed by atoms with E-state index in [1.807, 2.05) is 12.1 Å². The molecule has 0 aliphatic carbocycles. The van der Waals surface area contributed by atoms with Crippen molar-refractivity contribution in [1.29, 1.82) is 0 Å². The Balaban J connectivity index is 2.92. The molecule has 4 nitrogen and oxygen atoms in total. The summed E-state index contributed by atoms with van der Waals surface area (Å²) in [6, 6.07) is 3.96. The first-order valence-electron chi connectivity index (χ1n) is 7.41. The largest absolute Gasteiger partial charge is 0.493 e. The minimum Gasteiger partial charge on any atom is -0.493 e. The third-order valence-corrected chi connectivity index (χ3v) is 3.20. The second-order valence-electron chi connectivity index (χ2n) is 4.90. The predicted octanol–water partition coefficient (Wildman–Crippen LogP) is 3.55. The average molecular weight is 293 g/mol. The maximum Gasteiger partial charge on any atom is 0.203 e. The lowest BCUT2D eigenvalue weighted by atomic mass is 10.1. The van der Waals surface area contributed by atoms with Crippen molar-refractivity contribution in [2.24, 2.45) is 0 Å². The van der Waals surface area contributed by atoms with E-state index in [4.69, 9.17) is 14.2 Å². The molecule has 0 bridgehead atoms. The molecule has 0 aliphatic heterocycles. The predicted molar refractivity (Wildman–Crippen MR) is 86.5 cm³/mol. The molecule has 0 saturated carbocycles. The van der Waals surface area contributed by atoms with Crippen LogP contribution >= 0.6 is 0 Å². The lowest BCUT2D eigenvalue weighted by Crippen LogP contribution is -2.14. The molecule has 0 atom stereocenters. The van der Waals surface area contributed by atoms with Gasteiger partial charge in [0.05, 0.1) is 14.2 Å². The molecule has 0 spiro atoms. The first-order valence-corrected chi connectivity index (χ1v) is 7.41. The highest BCUT2D eigenvalue weighted by atomic mass is 16.5. The van der Waals surface area contributed by atoms with Crippen LogP contribution in [-0.2, 0) is 6.54 Å². The van der Waals surface area contributed by atoms with E-state index >= 15 is 0 Å². The van der Waals surface area contributed by atoms with Gasteiger partial charge < -0.3 is 19.5 Å². The Kier molecular flexibility index (Phi) is 7.69. The van der Waals surface area contributed by atoms with E-state index < -0.39 is 0 Å². The van der Waals surface area contributed by atoms with Crippen LogP contribution < -0.4 is 19.5 Å². The van der Waals surface area contributed by atoms with Gasteiger partial charge >= 0.3 is 0 Å². The molecule has 0 unspecified atom stereocenters. The number of ether oxygens (including phenoxy) is 3. The van der Waals surface area contributed by atoms with Gasteiger partial charge in [-0.2, -0.15) is 0 Å². The molecule has 1 aromatic carbocycles. The van der Waals surface area contributed by atoms with Gasteiger partial charge in [0.2, 0.25) is 5.75 Å². The minimum absolute atomic E-state index is 0.469. The molecule has 0 radical (unpaired) electrons. The van der Waals surface area contributed by atoms with Crippen LogP contribution in [0.5, 0.6) is 17.2 Å². The fourth-order valence-electron chi connectivity index (χ4n) is 1.86. The summed E-state index contributed by atoms with van der Waals surface area (Å²) in [7, 11) is 3.28. The summed E-state index contributed by atoms with van der Waals surface area (Å²) in [6.07, 6.45) is 2.00. The lowest BCUT2D eigenvalue weighted by molar-refractivity contribution is 0.293. The molecule has 1 N–H and O–H groups in total. The third kappa shape index (κ3) is 5.31. The van der Waals surface area contributed by atoms with Crippen molar-refractivity contribution < 1.29 is 14.2 Å². The number of rotatable bonds is 10. The summed E-state index contributed by atoms with van der Waals surface area (Å²) in [5.74, 6) is 2.01. The monoisotopic (exact) mass is 293 g/mol. The highest BCUT2D eigenvalue weighted by Crippen LogP contribution is 2.38. The zero-order chi connectivity index (χ0) is 15.7. The Morgan fingerprint density at radius 3 is 2.24 bits per heavy atom. The van der Waals surface area contributed by atoms with E-state index in [1.54, 1.807) is 14.2 Å². The number of hydrogen-bond donors (Lipinski definition) is 1. The Morgan fingerprint density at radius 2 is 1.76 bits per heavy atom. The van der Waals surface area contributed by atoms with Gasteiger partial charge in [-0.25, -0.2) is 0 Å². The number of hydrogen-bond acceptors (Lipinski definition) is 4. The van der Waals surface area contributed by atoms with Gasteiger partial charge in [-0.1, -0.05) is 20.4 Å². The van der Waals surface area contributed by atoms with E-state index in [0.717, 1.165) is 37.1 Å². The molecular formula is C17H27NO3. The second-order valence-corrected chi connectivity index (χ2v) is 4.90. The van der Waals surface area contributed by atoms with Crippen LogP contribution in [0.3, 0.4) is 0 Å². The summed E-state index contributed by atoms with van der Waals surface area (Å²) >= 11 is 0. The third-order valence-electron chi connectivity index (χ3n) is 3.20. The van der Waals surface area contributed by atoms with E-state index in [-0.39, 0.29) is 0 Å². The molecule has 21 heavy (non-hydrogen) atoms. The molecule has 0 saturated heterocycles. The van der Waals surface area contributed by atoms with Crippen molar-refractivity contribution in [3.63, 3.8) is 0 Å². The summed E-state index contributed by atoms with van der Waals surface area (Å²) in [5, 5.41) is 3.37. The molecule has 118 valence electrons. The molecular weight excluding hydrogens is 266 g/mol. The van der Waals surface area contributed by atoms with Crippen molar-refractivity contribution in [2.75, 3.05) is 27.4 Å². The molecule has 1 rings (SSSR count). The number of nitrogens with one attached hydrogen (secondary N) is 1. The fourth-order valence-corrected chi connectivity index (χ4v) is 1.86. The highest BCUT2D eigenvalue weighted by Gasteiger charge is 2.14. The SMILES string of the molecule is C=C(CC)COc1c(OC)cc(CNCCC)cc1OC. The van der Waals surface area contributed by atoms with Gasteiger partial charge in [0.15, 0.2) is 11.5 Å². The van der Waals surface area contributed by atoms with Crippen molar-refractivity contribution in [3.8, 4) is 17.2 Å². The standard InChI is InChI=1S/C17H27NO3/c1-6-8-18-11-14-9-15(19-4)17(16(10-14)20-5)21-12-13(3)7-2/h9-10,18H,3,6-8,11-12H2,1-2,4-5H3. The maximum absolute atomic E-state index is 5.81. The second kappa shape index (κ2) is 9.29. The summed E-state index contributed by atoms with van der Waals surface area (Å²) in [5.41, 5.74) is 2.15. The molecule has 4 heteroatoms. The van der Waals surface area contributed by atoms with Gasteiger partial charge in [0.1, 0.15) is 6.61 Å². The zero-order valence-electron chi connectivity index (χ0n) is 13.6. The maximum atomic E-state index is 5.81. The minimum atomic E-state index is 0.469. The zero-order valence-corrected chi connectivity index (χ0v) is 13.6. The van der Waals surface area contributed by atoms with Gasteiger partial charge in [-0.3, -0.25) is 0 Å². The molecule has 0 amide bonds. The topological polar surface area (TPSA) is 39.7 Å². The average Bonchev–Trinajstić information content (AvgIpc) is 2.52. The Labute approximate surface area is 128 Å². The molecule has 0 aromatic heterocycles. The Morgan fingerprint density at radius 1 is 1.14 bits per heavy atom. The van der Waals surface area contributed by atoms with E-state index in [9.17, 15) is 0 Å². The van der Waals surface area contributed by atoms with Crippen LogP contribution in [0.1, 0.15) is 32.3 Å². The Hall–Kier alpha value is -1.68. The number of benzene rings is 1. The van der Waals surface area contributed by atoms with Gasteiger partial charge in [0.25, 0.3) is 0 Å². The van der Waals surface area contributed by atoms with Crippen LogP contribution in [0.2, 0.25) is 0 Å². The van der Waals surface area contributed by atoms with Gasteiger partial charge in [-0.15, -0.1) is 0 Å². The quantitative estimate of drug-likeness (QED) is 0.529. The van der Waals surface area contributed by atoms with Gasteiger partial charge in [-0.05, 0) is 42.7 Å². The fraction of sp³-hybridized carbons (Fsp3) is 0.529. The molecule has 0 fully saturated rings. The smallest absolute Gasteiger partial charge is 0.203 e. The van der Waals surface area contributed by atoms with Crippen molar-refractivity contribution in [3.05, 3.63) is 29.8 Å². The van der Waals surface area contributed by atoms with Crippen molar-refractivity contribution >= 4 is 0 Å². The molecule has 1 aromatic rings. The van der Waals surface area contributed by atoms with Crippen LogP contribution in [0.25, 0.3) is 0 Å². The van der Waals surface area contributed by atoms with E-state index in [0.29, 0.717) is 23.9 Å². The van der Waals surface area contributed by atoms with Crippen LogP contribution in [0.4, 0.5) is 0 Å². The Bertz CT molecular complexity index is 432. The lowest BCUT2D eigenvalue weighted by Gasteiger charge is -2.16. The van der Waals surface area contributed by atoms with E-state index in [2.05, 4.69) is 25.7 Å². The summed E-state index contributed by atoms with van der Waals surface area (Å²) in [4.78, 5) is 0. The van der Waals surface area contributed by atoms with Crippen LogP contribution in [-0.4, -0.2) is 27.4 Å². The molecule has 0 aliphatic rings. The van der Waals surface area contributed by atoms with Crippen LogP contribution in [0, 0.1) is 0 Å². The highest BCUT2D eigenvalue weighted by molar-refractivity contribution is 5.54. The van der Waals surface area contributed by atoms with E-state index in [1.165, 1.54) is 0 Å². The normalized spacial score (nSPS) is 10.3. The van der Waals surface area contributed by atoms with Gasteiger partial charge in [0, 0.05) is 6.54 Å². The van der Waals surface area contributed by atoms with Crippen LogP contribution in [0.15, 0.2) is 24.3 Å².